The van der Waals surface area contributed by atoms with Gasteiger partial charge in [-0.3, -0.25) is 4.79 Å². The minimum atomic E-state index is -0.0854. The van der Waals surface area contributed by atoms with Gasteiger partial charge in [-0.25, -0.2) is 4.98 Å². The van der Waals surface area contributed by atoms with E-state index in [9.17, 15) is 4.79 Å². The summed E-state index contributed by atoms with van der Waals surface area (Å²) in [6, 6.07) is 7.77. The van der Waals surface area contributed by atoms with Crippen molar-refractivity contribution in [2.45, 2.75) is 5.92 Å². The number of hydrogen-bond acceptors (Lipinski definition) is 4. The molecule has 1 aliphatic heterocycles. The normalized spacial score (nSPS) is 17.1. The molecule has 0 saturated heterocycles. The third-order valence-electron chi connectivity index (χ3n) is 3.21. The van der Waals surface area contributed by atoms with Crippen molar-refractivity contribution in [1.29, 1.82) is 0 Å². The van der Waals surface area contributed by atoms with E-state index in [-0.39, 0.29) is 11.5 Å². The molecule has 1 atom stereocenters. The van der Waals surface area contributed by atoms with Gasteiger partial charge in [-0.1, -0.05) is 12.1 Å². The summed E-state index contributed by atoms with van der Waals surface area (Å²) in [5.74, 6) is 1.49. The summed E-state index contributed by atoms with van der Waals surface area (Å²) in [5.41, 5.74) is 1.67. The number of ether oxygens (including phenoxy) is 1. The Balaban J connectivity index is 2.08. The first-order chi connectivity index (χ1) is 8.79. The number of nitrogens with zero attached hydrogens (tertiary/aromatic N) is 1. The van der Waals surface area contributed by atoms with Crippen LogP contribution < -0.4 is 15.6 Å². The van der Waals surface area contributed by atoms with Crippen LogP contribution in [0.2, 0.25) is 0 Å². The number of hydrogen-bond donors (Lipinski definition) is 2. The van der Waals surface area contributed by atoms with E-state index in [2.05, 4.69) is 15.3 Å². The first-order valence-electron chi connectivity index (χ1n) is 5.75. The summed E-state index contributed by atoms with van der Waals surface area (Å²) in [6.07, 6.45) is 1.42. The zero-order valence-corrected chi connectivity index (χ0v) is 9.93. The lowest BCUT2D eigenvalue weighted by Crippen LogP contribution is -2.15. The molecule has 2 heterocycles. The maximum atomic E-state index is 11.9. The number of benzene rings is 1. The lowest BCUT2D eigenvalue weighted by Gasteiger charge is -2.10. The molecule has 92 valence electrons. The Morgan fingerprint density at radius 1 is 1.44 bits per heavy atom. The fraction of sp³-hybridized carbons (Fsp3) is 0.231. The maximum Gasteiger partial charge on any atom is 0.256 e. The van der Waals surface area contributed by atoms with Gasteiger partial charge >= 0.3 is 0 Å². The fourth-order valence-electron chi connectivity index (χ4n) is 2.32. The van der Waals surface area contributed by atoms with Crippen LogP contribution in [0, 0.1) is 0 Å². The van der Waals surface area contributed by atoms with E-state index in [1.807, 2.05) is 24.3 Å². The quantitative estimate of drug-likeness (QED) is 0.835. The third kappa shape index (κ3) is 1.64. The summed E-state index contributed by atoms with van der Waals surface area (Å²) >= 11 is 0. The van der Waals surface area contributed by atoms with E-state index < -0.39 is 0 Å². The van der Waals surface area contributed by atoms with Crippen LogP contribution in [0.15, 0.2) is 35.4 Å². The fourth-order valence-corrected chi connectivity index (χ4v) is 2.32. The molecular formula is C13H13N3O2. The zero-order chi connectivity index (χ0) is 12.5. The Hall–Kier alpha value is -2.30. The number of aromatic nitrogens is 2. The molecule has 0 radical (unpaired) electrons. The molecule has 2 aromatic rings. The van der Waals surface area contributed by atoms with Crippen LogP contribution >= 0.6 is 0 Å². The van der Waals surface area contributed by atoms with Crippen molar-refractivity contribution in [3.63, 3.8) is 0 Å². The van der Waals surface area contributed by atoms with Gasteiger partial charge in [0.05, 0.1) is 19.0 Å². The molecule has 0 saturated carbocycles. The van der Waals surface area contributed by atoms with Crippen molar-refractivity contribution in [3.05, 3.63) is 52.1 Å². The topological polar surface area (TPSA) is 67.0 Å². The van der Waals surface area contributed by atoms with Gasteiger partial charge < -0.3 is 15.0 Å². The molecule has 0 fully saturated rings. The SMILES string of the molecule is COc1cccc([C@H]2CNc3nc[nH]c(=O)c32)c1. The number of H-pyrrole nitrogens is 1. The van der Waals surface area contributed by atoms with Crippen molar-refractivity contribution in [2.24, 2.45) is 0 Å². The van der Waals surface area contributed by atoms with Crippen LogP contribution in [-0.2, 0) is 0 Å². The van der Waals surface area contributed by atoms with Crippen LogP contribution in [0.1, 0.15) is 17.0 Å². The van der Waals surface area contributed by atoms with Crippen LogP contribution in [0.5, 0.6) is 5.75 Å². The second-order valence-corrected chi connectivity index (χ2v) is 4.20. The molecule has 0 aliphatic carbocycles. The van der Waals surface area contributed by atoms with Gasteiger partial charge in [0.15, 0.2) is 0 Å². The van der Waals surface area contributed by atoms with Crippen LogP contribution in [0.4, 0.5) is 5.82 Å². The van der Waals surface area contributed by atoms with Crippen molar-refractivity contribution >= 4 is 5.82 Å². The van der Waals surface area contributed by atoms with E-state index >= 15 is 0 Å². The summed E-state index contributed by atoms with van der Waals surface area (Å²) in [6.45, 7) is 0.683. The molecule has 0 amide bonds. The largest absolute Gasteiger partial charge is 0.497 e. The standard InChI is InChI=1S/C13H13N3O2/c1-18-9-4-2-3-8(5-9)10-6-14-12-11(10)13(17)16-7-15-12/h2-5,7,10H,6H2,1H3,(H2,14,15,16,17)/t10-/m1/s1. The highest BCUT2D eigenvalue weighted by atomic mass is 16.5. The van der Waals surface area contributed by atoms with Crippen LogP contribution in [0.25, 0.3) is 0 Å². The monoisotopic (exact) mass is 243 g/mol. The number of rotatable bonds is 2. The Morgan fingerprint density at radius 2 is 2.33 bits per heavy atom. The molecule has 1 aliphatic rings. The molecule has 3 rings (SSSR count). The van der Waals surface area contributed by atoms with Gasteiger partial charge in [-0.2, -0.15) is 0 Å². The second kappa shape index (κ2) is 4.18. The molecule has 1 aromatic heterocycles. The van der Waals surface area contributed by atoms with Gasteiger partial charge in [0, 0.05) is 12.5 Å². The van der Waals surface area contributed by atoms with Crippen molar-refractivity contribution in [2.75, 3.05) is 19.0 Å². The average molecular weight is 243 g/mol. The Morgan fingerprint density at radius 3 is 3.17 bits per heavy atom. The van der Waals surface area contributed by atoms with E-state index in [1.165, 1.54) is 6.33 Å². The summed E-state index contributed by atoms with van der Waals surface area (Å²) in [7, 11) is 1.63. The lowest BCUT2D eigenvalue weighted by molar-refractivity contribution is 0.414. The molecule has 18 heavy (non-hydrogen) atoms. The summed E-state index contributed by atoms with van der Waals surface area (Å²) in [4.78, 5) is 18.6. The highest BCUT2D eigenvalue weighted by Gasteiger charge is 2.27. The molecule has 5 heteroatoms. The Kier molecular flexibility index (Phi) is 2.51. The molecule has 1 aromatic carbocycles. The first-order valence-corrected chi connectivity index (χ1v) is 5.75. The molecule has 5 nitrogen and oxygen atoms in total. The Labute approximate surface area is 104 Å². The van der Waals surface area contributed by atoms with Gasteiger partial charge in [0.2, 0.25) is 0 Å². The predicted octanol–water partition coefficient (Wildman–Crippen LogP) is 1.34. The highest BCUT2D eigenvalue weighted by molar-refractivity contribution is 5.55. The van der Waals surface area contributed by atoms with E-state index in [0.29, 0.717) is 17.9 Å². The highest BCUT2D eigenvalue weighted by Crippen LogP contribution is 2.33. The lowest BCUT2D eigenvalue weighted by atomic mass is 9.95. The van der Waals surface area contributed by atoms with Crippen molar-refractivity contribution in [1.82, 2.24) is 9.97 Å². The first kappa shape index (κ1) is 10.8. The average Bonchev–Trinajstić information content (AvgIpc) is 2.84. The van der Waals surface area contributed by atoms with E-state index in [1.54, 1.807) is 7.11 Å². The van der Waals surface area contributed by atoms with Crippen LogP contribution in [0.3, 0.4) is 0 Å². The molecule has 0 bridgehead atoms. The van der Waals surface area contributed by atoms with Gasteiger partial charge in [-0.05, 0) is 17.7 Å². The van der Waals surface area contributed by atoms with Gasteiger partial charge in [0.1, 0.15) is 11.6 Å². The molecule has 0 unspecified atom stereocenters. The Bertz CT molecular complexity index is 636. The number of nitrogens with one attached hydrogen (secondary N) is 2. The number of aromatic amines is 1. The third-order valence-corrected chi connectivity index (χ3v) is 3.21. The number of methoxy groups -OCH3 is 1. The van der Waals surface area contributed by atoms with E-state index in [4.69, 9.17) is 4.74 Å². The maximum absolute atomic E-state index is 11.9. The minimum Gasteiger partial charge on any atom is -0.497 e. The van der Waals surface area contributed by atoms with Crippen molar-refractivity contribution < 1.29 is 4.74 Å². The van der Waals surface area contributed by atoms with Gasteiger partial charge in [0.25, 0.3) is 5.56 Å². The summed E-state index contributed by atoms with van der Waals surface area (Å²) in [5, 5.41) is 3.16. The predicted molar refractivity (Wildman–Crippen MR) is 68.2 cm³/mol. The zero-order valence-electron chi connectivity index (χ0n) is 9.93. The minimum absolute atomic E-state index is 0.0209. The van der Waals surface area contributed by atoms with Crippen LogP contribution in [-0.4, -0.2) is 23.6 Å². The molecule has 0 spiro atoms. The molecular weight excluding hydrogens is 230 g/mol. The van der Waals surface area contributed by atoms with Crippen molar-refractivity contribution in [3.8, 4) is 5.75 Å². The number of fused-ring (bicyclic) bond motifs is 1. The molecule has 2 N–H and O–H groups in total. The number of anilines is 1. The summed E-state index contributed by atoms with van der Waals surface area (Å²) < 4.78 is 5.21. The van der Waals surface area contributed by atoms with E-state index in [0.717, 1.165) is 11.3 Å². The van der Waals surface area contributed by atoms with Gasteiger partial charge in [-0.15, -0.1) is 0 Å². The second-order valence-electron chi connectivity index (χ2n) is 4.20. The smallest absolute Gasteiger partial charge is 0.256 e.